The van der Waals surface area contributed by atoms with Crippen molar-refractivity contribution in [1.29, 1.82) is 5.26 Å². The van der Waals surface area contributed by atoms with Gasteiger partial charge in [0, 0.05) is 19.7 Å². The molecule has 0 spiro atoms. The van der Waals surface area contributed by atoms with E-state index in [2.05, 4.69) is 15.0 Å². The SMILES string of the molecule is CC(C)CN(C(=O)O)N(CC1CCCC1)c1nc(C#N)nc2c1ncn2C1CCCCO1. The first-order valence-electron chi connectivity index (χ1n) is 11.5. The second-order valence-corrected chi connectivity index (χ2v) is 9.12. The number of rotatable bonds is 7. The van der Waals surface area contributed by atoms with Crippen molar-refractivity contribution in [3.8, 4) is 6.07 Å². The van der Waals surface area contributed by atoms with Crippen LogP contribution in [0.5, 0.6) is 0 Å². The van der Waals surface area contributed by atoms with E-state index < -0.39 is 6.09 Å². The maximum atomic E-state index is 12.3. The van der Waals surface area contributed by atoms with E-state index in [0.717, 1.165) is 44.9 Å². The van der Waals surface area contributed by atoms with Crippen LogP contribution < -0.4 is 5.01 Å². The highest BCUT2D eigenvalue weighted by molar-refractivity contribution is 5.85. The summed E-state index contributed by atoms with van der Waals surface area (Å²) >= 11 is 0. The molecule has 0 bridgehead atoms. The first-order valence-corrected chi connectivity index (χ1v) is 11.5. The van der Waals surface area contributed by atoms with Gasteiger partial charge in [-0.1, -0.05) is 26.7 Å². The molecule has 172 valence electrons. The van der Waals surface area contributed by atoms with E-state index in [4.69, 9.17) is 4.74 Å². The highest BCUT2D eigenvalue weighted by Gasteiger charge is 2.31. The van der Waals surface area contributed by atoms with Crippen LogP contribution in [0.3, 0.4) is 0 Å². The molecule has 2 aliphatic rings. The molecule has 0 aromatic carbocycles. The number of nitriles is 1. The van der Waals surface area contributed by atoms with Crippen LogP contribution in [0.4, 0.5) is 10.6 Å². The summed E-state index contributed by atoms with van der Waals surface area (Å²) in [6.45, 7) is 5.47. The lowest BCUT2D eigenvalue weighted by molar-refractivity contribution is -0.0298. The normalized spacial score (nSPS) is 19.4. The van der Waals surface area contributed by atoms with Crippen LogP contribution >= 0.6 is 0 Å². The average molecular weight is 442 g/mol. The van der Waals surface area contributed by atoms with Crippen molar-refractivity contribution >= 4 is 23.1 Å². The summed E-state index contributed by atoms with van der Waals surface area (Å²) in [4.78, 5) is 25.8. The largest absolute Gasteiger partial charge is 0.464 e. The molecule has 2 aromatic rings. The highest BCUT2D eigenvalue weighted by Crippen LogP contribution is 2.33. The van der Waals surface area contributed by atoms with Gasteiger partial charge in [-0.05, 0) is 43.9 Å². The lowest BCUT2D eigenvalue weighted by atomic mass is 10.1. The lowest BCUT2D eigenvalue weighted by Crippen LogP contribution is -2.50. The van der Waals surface area contributed by atoms with Crippen LogP contribution in [0.15, 0.2) is 6.33 Å². The molecule has 10 heteroatoms. The maximum absolute atomic E-state index is 12.3. The summed E-state index contributed by atoms with van der Waals surface area (Å²) in [6.07, 6.45) is 7.72. The quantitative estimate of drug-likeness (QED) is 0.641. The van der Waals surface area contributed by atoms with E-state index >= 15 is 0 Å². The maximum Gasteiger partial charge on any atom is 0.426 e. The van der Waals surface area contributed by atoms with Crippen LogP contribution in [-0.4, -0.2) is 55.4 Å². The van der Waals surface area contributed by atoms with Gasteiger partial charge in [-0.15, -0.1) is 0 Å². The average Bonchev–Trinajstić information content (AvgIpc) is 3.45. The number of amides is 1. The van der Waals surface area contributed by atoms with Gasteiger partial charge in [-0.3, -0.25) is 9.58 Å². The van der Waals surface area contributed by atoms with Gasteiger partial charge >= 0.3 is 6.09 Å². The fourth-order valence-electron chi connectivity index (χ4n) is 4.65. The van der Waals surface area contributed by atoms with Crippen LogP contribution in [0.1, 0.15) is 70.8 Å². The molecule has 1 unspecified atom stereocenters. The number of ether oxygens (including phenoxy) is 1. The molecule has 1 amide bonds. The topological polar surface area (TPSA) is 120 Å². The number of hydrogen-bond donors (Lipinski definition) is 1. The summed E-state index contributed by atoms with van der Waals surface area (Å²) in [6, 6.07) is 2.04. The molecule has 1 aliphatic carbocycles. The van der Waals surface area contributed by atoms with E-state index in [1.165, 1.54) is 5.01 Å². The van der Waals surface area contributed by atoms with Crippen molar-refractivity contribution in [2.75, 3.05) is 24.7 Å². The lowest BCUT2D eigenvalue weighted by Gasteiger charge is -2.36. The number of imidazole rings is 1. The molecular formula is C22H31N7O3. The van der Waals surface area contributed by atoms with E-state index in [-0.39, 0.29) is 18.0 Å². The highest BCUT2D eigenvalue weighted by atomic mass is 16.5. The molecule has 1 aliphatic heterocycles. The molecule has 0 radical (unpaired) electrons. The minimum Gasteiger partial charge on any atom is -0.464 e. The number of carboxylic acid groups (broad SMARTS) is 1. The van der Waals surface area contributed by atoms with Crippen LogP contribution in [0, 0.1) is 23.2 Å². The molecule has 2 aromatic heterocycles. The van der Waals surface area contributed by atoms with E-state index in [1.54, 1.807) is 11.3 Å². The second kappa shape index (κ2) is 9.69. The Labute approximate surface area is 187 Å². The van der Waals surface area contributed by atoms with Crippen LogP contribution in [0.25, 0.3) is 11.2 Å². The minimum absolute atomic E-state index is 0.00336. The van der Waals surface area contributed by atoms with Crippen molar-refractivity contribution in [2.45, 2.75) is 65.0 Å². The Kier molecular flexibility index (Phi) is 6.74. The minimum atomic E-state index is -1.04. The third-order valence-corrected chi connectivity index (χ3v) is 6.17. The predicted molar refractivity (Wildman–Crippen MR) is 118 cm³/mol. The third-order valence-electron chi connectivity index (χ3n) is 6.17. The van der Waals surface area contributed by atoms with E-state index in [9.17, 15) is 15.2 Å². The fourth-order valence-corrected chi connectivity index (χ4v) is 4.65. The molecule has 32 heavy (non-hydrogen) atoms. The summed E-state index contributed by atoms with van der Waals surface area (Å²) in [5, 5.41) is 22.7. The predicted octanol–water partition coefficient (Wildman–Crippen LogP) is 3.94. The van der Waals surface area contributed by atoms with Gasteiger partial charge in [0.2, 0.25) is 5.82 Å². The summed E-state index contributed by atoms with van der Waals surface area (Å²) in [7, 11) is 0. The molecule has 4 rings (SSSR count). The molecular weight excluding hydrogens is 410 g/mol. The van der Waals surface area contributed by atoms with Gasteiger partial charge in [0.15, 0.2) is 17.0 Å². The van der Waals surface area contributed by atoms with Crippen molar-refractivity contribution < 1.29 is 14.6 Å². The zero-order valence-electron chi connectivity index (χ0n) is 18.8. The number of carbonyl (C=O) groups is 1. The van der Waals surface area contributed by atoms with Crippen molar-refractivity contribution in [3.05, 3.63) is 12.2 Å². The fraction of sp³-hybridized carbons (Fsp3) is 0.682. The number of anilines is 1. The summed E-state index contributed by atoms with van der Waals surface area (Å²) in [5.41, 5.74) is 0.996. The summed E-state index contributed by atoms with van der Waals surface area (Å²) < 4.78 is 7.76. The van der Waals surface area contributed by atoms with Gasteiger partial charge in [0.1, 0.15) is 12.3 Å². The third kappa shape index (κ3) is 4.63. The molecule has 10 nitrogen and oxygen atoms in total. The Morgan fingerprint density at radius 2 is 2.03 bits per heavy atom. The zero-order valence-corrected chi connectivity index (χ0v) is 18.8. The molecule has 2 fully saturated rings. The van der Waals surface area contributed by atoms with Gasteiger partial charge in [-0.2, -0.15) is 15.2 Å². The summed E-state index contributed by atoms with van der Waals surface area (Å²) in [5.74, 6) is 0.855. The Balaban J connectivity index is 1.82. The smallest absolute Gasteiger partial charge is 0.426 e. The monoisotopic (exact) mass is 441 g/mol. The molecule has 1 atom stereocenters. The molecule has 1 saturated heterocycles. The van der Waals surface area contributed by atoms with Crippen molar-refractivity contribution in [2.24, 2.45) is 11.8 Å². The van der Waals surface area contributed by atoms with Gasteiger partial charge < -0.3 is 9.84 Å². The number of hydrazine groups is 1. The van der Waals surface area contributed by atoms with Gasteiger partial charge in [0.05, 0.1) is 6.33 Å². The Bertz CT molecular complexity index is 987. The van der Waals surface area contributed by atoms with Crippen LogP contribution in [0.2, 0.25) is 0 Å². The number of aromatic nitrogens is 4. The molecule has 3 heterocycles. The molecule has 1 saturated carbocycles. The number of hydrogen-bond acceptors (Lipinski definition) is 7. The Hall–Kier alpha value is -2.93. The van der Waals surface area contributed by atoms with Crippen LogP contribution in [-0.2, 0) is 4.74 Å². The van der Waals surface area contributed by atoms with E-state index in [0.29, 0.717) is 42.6 Å². The van der Waals surface area contributed by atoms with Crippen molar-refractivity contribution in [3.63, 3.8) is 0 Å². The Morgan fingerprint density at radius 3 is 2.66 bits per heavy atom. The number of nitrogens with zero attached hydrogens (tertiary/aromatic N) is 7. The van der Waals surface area contributed by atoms with Gasteiger partial charge in [-0.25, -0.2) is 14.8 Å². The second-order valence-electron chi connectivity index (χ2n) is 9.12. The Morgan fingerprint density at radius 1 is 1.28 bits per heavy atom. The first kappa shape index (κ1) is 22.3. The van der Waals surface area contributed by atoms with Crippen molar-refractivity contribution in [1.82, 2.24) is 24.5 Å². The van der Waals surface area contributed by atoms with E-state index in [1.807, 2.05) is 24.5 Å². The number of fused-ring (bicyclic) bond motifs is 1. The zero-order chi connectivity index (χ0) is 22.7. The first-order chi connectivity index (χ1) is 15.5. The van der Waals surface area contributed by atoms with Gasteiger partial charge in [0.25, 0.3) is 0 Å². The molecule has 1 N–H and O–H groups in total. The standard InChI is InChI=1S/C22H31N7O3/c1-15(2)12-29(22(30)31)28(13-16-7-3-4-8-16)21-19-20(25-17(11-23)26-21)27(14-24-19)18-9-5-6-10-32-18/h14-16,18H,3-10,12-13H2,1-2H3,(H,30,31).